The van der Waals surface area contributed by atoms with E-state index in [2.05, 4.69) is 11.9 Å². The summed E-state index contributed by atoms with van der Waals surface area (Å²) >= 11 is 0. The van der Waals surface area contributed by atoms with Crippen LogP contribution >= 0.6 is 0 Å². The molecule has 1 aliphatic heterocycles. The van der Waals surface area contributed by atoms with Crippen LogP contribution in [0.5, 0.6) is 0 Å². The van der Waals surface area contributed by atoms with Gasteiger partial charge in [0.25, 0.3) is 10.2 Å². The fraction of sp³-hybridized carbons (Fsp3) is 1.00. The zero-order chi connectivity index (χ0) is 14.5. The minimum absolute atomic E-state index is 0.471. The van der Waals surface area contributed by atoms with E-state index in [-0.39, 0.29) is 0 Å². The molecule has 0 bridgehead atoms. The van der Waals surface area contributed by atoms with Gasteiger partial charge in [0.2, 0.25) is 0 Å². The van der Waals surface area contributed by atoms with Crippen molar-refractivity contribution in [1.29, 1.82) is 0 Å². The van der Waals surface area contributed by atoms with Gasteiger partial charge >= 0.3 is 0 Å². The zero-order valence-corrected chi connectivity index (χ0v) is 13.2. The fourth-order valence-electron chi connectivity index (χ4n) is 2.37. The monoisotopic (exact) mass is 292 g/mol. The predicted octanol–water partition coefficient (Wildman–Crippen LogP) is -0.215. The van der Waals surface area contributed by atoms with Gasteiger partial charge in [0.05, 0.1) is 0 Å². The number of rotatable bonds is 7. The SMILES string of the molecule is CN1CCC(CN(C)S(=O)(=O)N(C)CCCN)CC1. The van der Waals surface area contributed by atoms with Gasteiger partial charge in [-0.15, -0.1) is 0 Å². The molecule has 0 saturated carbocycles. The first-order chi connectivity index (χ1) is 8.87. The molecule has 0 aliphatic carbocycles. The second-order valence-electron chi connectivity index (χ2n) is 5.50. The maximum absolute atomic E-state index is 12.3. The molecule has 0 radical (unpaired) electrons. The van der Waals surface area contributed by atoms with Gasteiger partial charge in [-0.3, -0.25) is 0 Å². The number of hydrogen-bond donors (Lipinski definition) is 1. The Bertz CT molecular complexity index is 353. The summed E-state index contributed by atoms with van der Waals surface area (Å²) in [6.45, 7) is 3.72. The average molecular weight is 292 g/mol. The average Bonchev–Trinajstić information content (AvgIpc) is 2.38. The van der Waals surface area contributed by atoms with E-state index in [1.807, 2.05) is 0 Å². The standard InChI is InChI=1S/C12H28N4O2S/c1-14-9-5-12(6-10-14)11-16(3)19(17,18)15(2)8-4-7-13/h12H,4-11,13H2,1-3H3. The second-order valence-corrected chi connectivity index (χ2v) is 7.64. The molecule has 0 aromatic heterocycles. The highest BCUT2D eigenvalue weighted by Crippen LogP contribution is 2.18. The Morgan fingerprint density at radius 1 is 1.21 bits per heavy atom. The van der Waals surface area contributed by atoms with E-state index >= 15 is 0 Å². The Kier molecular flexibility index (Phi) is 6.68. The normalized spacial score (nSPS) is 19.5. The molecule has 19 heavy (non-hydrogen) atoms. The van der Waals surface area contributed by atoms with Crippen LogP contribution in [0.25, 0.3) is 0 Å². The Balaban J connectivity index is 2.49. The Labute approximate surface area is 117 Å². The van der Waals surface area contributed by atoms with E-state index in [1.54, 1.807) is 14.1 Å². The fourth-order valence-corrected chi connectivity index (χ4v) is 3.60. The van der Waals surface area contributed by atoms with E-state index in [0.717, 1.165) is 25.9 Å². The van der Waals surface area contributed by atoms with Crippen molar-refractivity contribution in [3.63, 3.8) is 0 Å². The molecule has 0 spiro atoms. The second kappa shape index (κ2) is 7.54. The van der Waals surface area contributed by atoms with E-state index in [9.17, 15) is 8.42 Å². The van der Waals surface area contributed by atoms with Crippen LogP contribution in [0.3, 0.4) is 0 Å². The molecule has 7 heteroatoms. The van der Waals surface area contributed by atoms with Crippen LogP contribution in [-0.2, 0) is 10.2 Å². The molecule has 1 saturated heterocycles. The summed E-state index contributed by atoms with van der Waals surface area (Å²) in [4.78, 5) is 2.29. The quantitative estimate of drug-likeness (QED) is 0.705. The first-order valence-electron chi connectivity index (χ1n) is 6.94. The lowest BCUT2D eigenvalue weighted by Crippen LogP contribution is -2.44. The topological polar surface area (TPSA) is 69.9 Å². The summed E-state index contributed by atoms with van der Waals surface area (Å²) in [7, 11) is 2.08. The van der Waals surface area contributed by atoms with E-state index in [0.29, 0.717) is 32.0 Å². The van der Waals surface area contributed by atoms with E-state index in [4.69, 9.17) is 5.73 Å². The van der Waals surface area contributed by atoms with Gasteiger partial charge in [-0.25, -0.2) is 0 Å². The van der Waals surface area contributed by atoms with Crippen molar-refractivity contribution in [2.24, 2.45) is 11.7 Å². The third kappa shape index (κ3) is 5.00. The number of nitrogens with two attached hydrogens (primary N) is 1. The molecule has 1 heterocycles. The molecule has 1 fully saturated rings. The van der Waals surface area contributed by atoms with Gasteiger partial charge in [0.1, 0.15) is 0 Å². The molecule has 0 aromatic rings. The lowest BCUT2D eigenvalue weighted by atomic mass is 9.97. The smallest absolute Gasteiger partial charge is 0.281 e. The van der Waals surface area contributed by atoms with E-state index in [1.165, 1.54) is 8.61 Å². The van der Waals surface area contributed by atoms with Crippen molar-refractivity contribution >= 4 is 10.2 Å². The van der Waals surface area contributed by atoms with Gasteiger partial charge < -0.3 is 10.6 Å². The van der Waals surface area contributed by atoms with Crippen LogP contribution in [0.2, 0.25) is 0 Å². The highest BCUT2D eigenvalue weighted by Gasteiger charge is 2.27. The zero-order valence-electron chi connectivity index (χ0n) is 12.4. The van der Waals surface area contributed by atoms with Gasteiger partial charge in [0.15, 0.2) is 0 Å². The highest BCUT2D eigenvalue weighted by atomic mass is 32.2. The summed E-state index contributed by atoms with van der Waals surface area (Å²) in [5, 5.41) is 0. The molecular formula is C12H28N4O2S. The molecular weight excluding hydrogens is 264 g/mol. The van der Waals surface area contributed by atoms with Gasteiger partial charge in [0, 0.05) is 27.2 Å². The van der Waals surface area contributed by atoms with Gasteiger partial charge in [-0.05, 0) is 51.9 Å². The first kappa shape index (κ1) is 16.8. The molecule has 114 valence electrons. The van der Waals surface area contributed by atoms with Crippen LogP contribution < -0.4 is 5.73 Å². The summed E-state index contributed by atoms with van der Waals surface area (Å²) in [5.74, 6) is 0.471. The molecule has 1 aliphatic rings. The highest BCUT2D eigenvalue weighted by molar-refractivity contribution is 7.86. The van der Waals surface area contributed by atoms with Gasteiger partial charge in [-0.2, -0.15) is 17.0 Å². The minimum atomic E-state index is -3.33. The lowest BCUT2D eigenvalue weighted by Gasteiger charge is -2.32. The summed E-state index contributed by atoms with van der Waals surface area (Å²) in [6.07, 6.45) is 2.84. The molecule has 0 atom stereocenters. The van der Waals surface area contributed by atoms with Crippen molar-refractivity contribution in [3.05, 3.63) is 0 Å². The van der Waals surface area contributed by atoms with E-state index < -0.39 is 10.2 Å². The van der Waals surface area contributed by atoms with Crippen LogP contribution in [0.1, 0.15) is 19.3 Å². The number of nitrogens with zero attached hydrogens (tertiary/aromatic N) is 3. The van der Waals surface area contributed by atoms with Crippen LogP contribution in [0, 0.1) is 5.92 Å². The van der Waals surface area contributed by atoms with Crippen LogP contribution in [0.4, 0.5) is 0 Å². The molecule has 0 amide bonds. The van der Waals surface area contributed by atoms with Crippen molar-refractivity contribution in [2.75, 3.05) is 53.9 Å². The number of piperidine rings is 1. The van der Waals surface area contributed by atoms with Crippen LogP contribution in [0.15, 0.2) is 0 Å². The maximum atomic E-state index is 12.3. The van der Waals surface area contributed by atoms with Crippen molar-refractivity contribution in [2.45, 2.75) is 19.3 Å². The maximum Gasteiger partial charge on any atom is 0.281 e. The minimum Gasteiger partial charge on any atom is -0.330 e. The first-order valence-corrected chi connectivity index (χ1v) is 8.33. The van der Waals surface area contributed by atoms with Crippen LogP contribution in [-0.4, -0.2) is 75.8 Å². The number of hydrogen-bond acceptors (Lipinski definition) is 4. The molecule has 1 rings (SSSR count). The molecule has 0 aromatic carbocycles. The summed E-state index contributed by atoms with van der Waals surface area (Å²) in [5.41, 5.74) is 5.42. The Hall–Kier alpha value is -0.210. The van der Waals surface area contributed by atoms with Crippen molar-refractivity contribution < 1.29 is 8.42 Å². The molecule has 2 N–H and O–H groups in total. The number of likely N-dealkylation sites (tertiary alicyclic amines) is 1. The third-order valence-corrected chi connectivity index (χ3v) is 5.73. The van der Waals surface area contributed by atoms with Crippen molar-refractivity contribution in [1.82, 2.24) is 13.5 Å². The summed E-state index contributed by atoms with van der Waals surface area (Å²) < 4.78 is 27.4. The summed E-state index contributed by atoms with van der Waals surface area (Å²) in [6, 6.07) is 0. The lowest BCUT2D eigenvalue weighted by molar-refractivity contribution is 0.200. The van der Waals surface area contributed by atoms with Gasteiger partial charge in [-0.1, -0.05) is 0 Å². The molecule has 6 nitrogen and oxygen atoms in total. The Morgan fingerprint density at radius 3 is 2.32 bits per heavy atom. The Morgan fingerprint density at radius 2 is 1.79 bits per heavy atom. The largest absolute Gasteiger partial charge is 0.330 e. The molecule has 0 unspecified atom stereocenters. The third-order valence-electron chi connectivity index (χ3n) is 3.82. The predicted molar refractivity (Wildman–Crippen MR) is 78.1 cm³/mol. The van der Waals surface area contributed by atoms with Crippen molar-refractivity contribution in [3.8, 4) is 0 Å².